The van der Waals surface area contributed by atoms with Crippen LogP contribution in [0.4, 0.5) is 0 Å². The standard InChI is InChI=1S/C14H26O4.C11H20O2.C10H18O4.C9H16O4.C9H18O2.C7H12O2.C4H8O2/c1-5-14(3,4)13(16)18-11-9-7-6-8-10-17-12(2)15;1-4-5-6-7-8-9-13-11(12)10(2)3;1-5-10(3,4)9(12)14-7-6-13-8(2)11;1-4-7(2)9(11)13-6-5-12-8(3)10;1-5-7-11-8(10)9(3,4)6-2;1-4-5-9-7(8)6(2)3;1-3-6-4(2)5/h5-11H2,1-4H3;2,4-9H2,1,3H3;5-7H2,1-4H3;7H,4-6H2,1-3H3;5-7H2,1-4H3;2,4-5H2,1,3H3;3H2,1-2H3. The first kappa shape index (κ1) is 91.9. The number of rotatable bonds is 34. The maximum Gasteiger partial charge on any atom is 0.333 e. The van der Waals surface area contributed by atoms with Crippen molar-refractivity contribution in [2.75, 3.05) is 66.1 Å². The third-order valence-corrected chi connectivity index (χ3v) is 11.6. The Morgan fingerprint density at radius 1 is 0.333 bits per heavy atom. The molecule has 0 fully saturated rings. The number of carbonyl (C=O) groups excluding carboxylic acids is 10. The van der Waals surface area contributed by atoms with E-state index in [9.17, 15) is 47.9 Å². The summed E-state index contributed by atoms with van der Waals surface area (Å²) in [5.41, 5.74) is -0.210. The van der Waals surface area contributed by atoms with Crippen LogP contribution in [0.25, 0.3) is 0 Å². The summed E-state index contributed by atoms with van der Waals surface area (Å²) in [6.07, 6.45) is 14.4. The Balaban J connectivity index is -0.000000168. The number of carbonyl (C=O) groups is 10. The van der Waals surface area contributed by atoms with Crippen LogP contribution in [0.2, 0.25) is 0 Å². The fourth-order valence-electron chi connectivity index (χ4n) is 4.62. The molecule has 0 aliphatic rings. The third-order valence-electron chi connectivity index (χ3n) is 11.6. The van der Waals surface area contributed by atoms with Crippen molar-refractivity contribution in [1.29, 1.82) is 0 Å². The molecule has 0 radical (unpaired) electrons. The zero-order valence-electron chi connectivity index (χ0n) is 56.3. The lowest BCUT2D eigenvalue weighted by Gasteiger charge is -2.20. The van der Waals surface area contributed by atoms with Crippen LogP contribution in [0.5, 0.6) is 0 Å². The second-order valence-corrected chi connectivity index (χ2v) is 21.2. The van der Waals surface area contributed by atoms with Gasteiger partial charge in [-0.3, -0.25) is 38.4 Å². The molecule has 0 heterocycles. The Labute approximate surface area is 507 Å². The zero-order chi connectivity index (χ0) is 66.8. The Kier molecular flexibility index (Phi) is 66.0. The molecular weight excluding hydrogens is 1090 g/mol. The normalized spacial score (nSPS) is 10.5. The van der Waals surface area contributed by atoms with Crippen LogP contribution in [0.15, 0.2) is 24.3 Å². The van der Waals surface area contributed by atoms with Gasteiger partial charge in [-0.2, -0.15) is 0 Å². The molecule has 0 aromatic rings. The van der Waals surface area contributed by atoms with E-state index in [4.69, 9.17) is 33.2 Å². The van der Waals surface area contributed by atoms with Gasteiger partial charge in [0.2, 0.25) is 0 Å². The smallest absolute Gasteiger partial charge is 0.333 e. The van der Waals surface area contributed by atoms with Gasteiger partial charge in [-0.05, 0) is 133 Å². The number of hydrogen-bond donors (Lipinski definition) is 0. The number of unbranched alkanes of at least 4 members (excludes halogenated alkanes) is 7. The van der Waals surface area contributed by atoms with Crippen LogP contribution in [-0.4, -0.2) is 126 Å². The monoisotopic (exact) mass is 1210 g/mol. The molecule has 0 aliphatic heterocycles. The first-order valence-electron chi connectivity index (χ1n) is 29.9. The highest BCUT2D eigenvalue weighted by molar-refractivity contribution is 5.87. The van der Waals surface area contributed by atoms with Gasteiger partial charge < -0.3 is 47.4 Å². The van der Waals surface area contributed by atoms with Gasteiger partial charge in [0, 0.05) is 38.8 Å². The quantitative estimate of drug-likeness (QED) is 0.0251. The minimum atomic E-state index is -0.462. The van der Waals surface area contributed by atoms with Crippen LogP contribution >= 0.6 is 0 Å². The average molecular weight is 1210 g/mol. The topological polar surface area (TPSA) is 263 Å². The van der Waals surface area contributed by atoms with Crippen LogP contribution in [-0.2, 0) is 95.3 Å². The fourth-order valence-corrected chi connectivity index (χ4v) is 4.62. The van der Waals surface area contributed by atoms with E-state index in [1.165, 1.54) is 47.0 Å². The van der Waals surface area contributed by atoms with Gasteiger partial charge in [0.05, 0.1) is 61.8 Å². The number of hydrogen-bond acceptors (Lipinski definition) is 20. The van der Waals surface area contributed by atoms with Crippen molar-refractivity contribution in [3.8, 4) is 0 Å². The summed E-state index contributed by atoms with van der Waals surface area (Å²) in [5, 5.41) is 0. The summed E-state index contributed by atoms with van der Waals surface area (Å²) in [4.78, 5) is 108. The molecule has 1 atom stereocenters. The van der Waals surface area contributed by atoms with Gasteiger partial charge in [0.25, 0.3) is 0 Å². The van der Waals surface area contributed by atoms with Gasteiger partial charge >= 0.3 is 59.7 Å². The van der Waals surface area contributed by atoms with E-state index < -0.39 is 5.41 Å². The van der Waals surface area contributed by atoms with E-state index in [1.54, 1.807) is 27.7 Å². The van der Waals surface area contributed by atoms with E-state index >= 15 is 0 Å². The molecule has 0 aromatic heterocycles. The summed E-state index contributed by atoms with van der Waals surface area (Å²) in [6, 6.07) is 0. The summed E-state index contributed by atoms with van der Waals surface area (Å²) >= 11 is 0. The fraction of sp³-hybridized carbons (Fsp3) is 0.781. The molecule has 20 heteroatoms. The van der Waals surface area contributed by atoms with Crippen molar-refractivity contribution in [1.82, 2.24) is 0 Å². The first-order chi connectivity index (χ1) is 39.0. The van der Waals surface area contributed by atoms with Gasteiger partial charge in [0.15, 0.2) is 0 Å². The van der Waals surface area contributed by atoms with E-state index in [0.717, 1.165) is 77.0 Å². The van der Waals surface area contributed by atoms with Gasteiger partial charge in [-0.25, -0.2) is 9.59 Å². The predicted molar refractivity (Wildman–Crippen MR) is 327 cm³/mol. The lowest BCUT2D eigenvalue weighted by atomic mass is 9.91. The maximum absolute atomic E-state index is 11.6. The molecule has 0 N–H and O–H groups in total. The highest BCUT2D eigenvalue weighted by Gasteiger charge is 2.28. The predicted octanol–water partition coefficient (Wildman–Crippen LogP) is 13.3. The third kappa shape index (κ3) is 68.7. The molecule has 0 rings (SSSR count). The largest absolute Gasteiger partial charge is 0.466 e. The van der Waals surface area contributed by atoms with Crippen molar-refractivity contribution in [3.05, 3.63) is 24.3 Å². The highest BCUT2D eigenvalue weighted by Crippen LogP contribution is 2.23. The number of ether oxygens (including phenoxy) is 10. The Bertz CT molecular complexity index is 1800. The second kappa shape index (κ2) is 60.3. The van der Waals surface area contributed by atoms with Crippen molar-refractivity contribution < 1.29 is 95.3 Å². The van der Waals surface area contributed by atoms with Crippen molar-refractivity contribution in [2.24, 2.45) is 22.2 Å². The molecule has 84 heavy (non-hydrogen) atoms. The van der Waals surface area contributed by atoms with E-state index in [-0.39, 0.29) is 103 Å². The van der Waals surface area contributed by atoms with Crippen molar-refractivity contribution in [3.63, 3.8) is 0 Å². The Morgan fingerprint density at radius 3 is 0.905 bits per heavy atom. The van der Waals surface area contributed by atoms with Crippen LogP contribution in [0, 0.1) is 22.2 Å². The molecule has 0 aliphatic carbocycles. The van der Waals surface area contributed by atoms with Crippen molar-refractivity contribution in [2.45, 2.75) is 242 Å². The molecule has 0 amide bonds. The summed E-state index contributed by atoms with van der Waals surface area (Å²) in [5.74, 6) is -2.52. The lowest BCUT2D eigenvalue weighted by Crippen LogP contribution is -2.27. The average Bonchev–Trinajstić information content (AvgIpc) is 3.45. The van der Waals surface area contributed by atoms with Crippen LogP contribution in [0.1, 0.15) is 242 Å². The zero-order valence-corrected chi connectivity index (χ0v) is 56.3. The van der Waals surface area contributed by atoms with E-state index in [1.807, 2.05) is 83.1 Å². The Hall–Kier alpha value is -5.82. The van der Waals surface area contributed by atoms with Gasteiger partial charge in [-0.1, -0.05) is 94.2 Å². The summed E-state index contributed by atoms with van der Waals surface area (Å²) in [7, 11) is 0. The Morgan fingerprint density at radius 2 is 0.607 bits per heavy atom. The number of esters is 10. The maximum atomic E-state index is 11.6. The van der Waals surface area contributed by atoms with Crippen molar-refractivity contribution >= 4 is 59.7 Å². The lowest BCUT2D eigenvalue weighted by molar-refractivity contribution is -0.158. The molecule has 0 aromatic carbocycles. The molecule has 0 spiro atoms. The second-order valence-electron chi connectivity index (χ2n) is 21.2. The molecular formula is C64H118O20. The van der Waals surface area contributed by atoms with E-state index in [2.05, 4.69) is 34.3 Å². The van der Waals surface area contributed by atoms with Gasteiger partial charge in [0.1, 0.15) is 26.4 Å². The highest BCUT2D eigenvalue weighted by atomic mass is 16.6. The minimum Gasteiger partial charge on any atom is -0.466 e. The SMILES string of the molecule is C=C(C)C(=O)OCCC.C=C(C)C(=O)OCCCCCCC.CCC(C)(C)C(=O)OCCCCCCOC(C)=O.CCC(C)(C)C(=O)OCCOC(C)=O.CCC(C)C(=O)OCCOC(C)=O.CCCOC(=O)C(C)(C)CC.CCOC(C)=O. The summed E-state index contributed by atoms with van der Waals surface area (Å²) in [6.45, 7) is 48.0. The molecule has 20 nitrogen and oxygen atoms in total. The van der Waals surface area contributed by atoms with E-state index in [0.29, 0.717) is 50.8 Å². The molecule has 1 unspecified atom stereocenters. The molecule has 0 saturated heterocycles. The molecule has 0 bridgehead atoms. The summed E-state index contributed by atoms with van der Waals surface area (Å²) < 4.78 is 48.1. The molecule has 0 saturated carbocycles. The van der Waals surface area contributed by atoms with Crippen LogP contribution < -0.4 is 0 Å². The van der Waals surface area contributed by atoms with Crippen LogP contribution in [0.3, 0.4) is 0 Å². The minimum absolute atomic E-state index is 0.0816. The first-order valence-corrected chi connectivity index (χ1v) is 29.9. The van der Waals surface area contributed by atoms with Gasteiger partial charge in [-0.15, -0.1) is 0 Å². The molecule has 494 valence electrons.